The zero-order chi connectivity index (χ0) is 12.4. The maximum absolute atomic E-state index is 10.9. The van der Waals surface area contributed by atoms with Crippen LogP contribution in [0, 0.1) is 5.92 Å². The Labute approximate surface area is 101 Å². The van der Waals surface area contributed by atoms with Crippen LogP contribution in [0.4, 0.5) is 0 Å². The molecular formula is C14H18O3. The van der Waals surface area contributed by atoms with Gasteiger partial charge in [-0.05, 0) is 37.0 Å². The number of carboxylic acids is 1. The van der Waals surface area contributed by atoms with Gasteiger partial charge in [0.25, 0.3) is 0 Å². The van der Waals surface area contributed by atoms with Crippen molar-refractivity contribution in [3.63, 3.8) is 0 Å². The molecule has 1 aliphatic carbocycles. The molecule has 17 heavy (non-hydrogen) atoms. The monoisotopic (exact) mass is 234 g/mol. The standard InChI is InChI=1S/C14H18O3/c1-3-9-5-6-13(17-4-2)11(7-9)10-8-12(10)14(15)16/h5-7,10,12H,3-4,8H2,1-2H3,(H,15,16). The molecule has 0 aliphatic heterocycles. The molecule has 3 heteroatoms. The van der Waals surface area contributed by atoms with E-state index >= 15 is 0 Å². The highest BCUT2D eigenvalue weighted by molar-refractivity contribution is 5.75. The van der Waals surface area contributed by atoms with Gasteiger partial charge in [-0.2, -0.15) is 0 Å². The number of hydrogen-bond donors (Lipinski definition) is 1. The summed E-state index contributed by atoms with van der Waals surface area (Å²) in [7, 11) is 0. The van der Waals surface area contributed by atoms with Gasteiger partial charge < -0.3 is 9.84 Å². The van der Waals surface area contributed by atoms with Crippen molar-refractivity contribution in [1.82, 2.24) is 0 Å². The van der Waals surface area contributed by atoms with Gasteiger partial charge in [0.2, 0.25) is 0 Å². The van der Waals surface area contributed by atoms with Crippen LogP contribution in [0.3, 0.4) is 0 Å². The Morgan fingerprint density at radius 3 is 2.76 bits per heavy atom. The third-order valence-corrected chi connectivity index (χ3v) is 3.29. The molecule has 3 nitrogen and oxygen atoms in total. The van der Waals surface area contributed by atoms with Gasteiger partial charge in [-0.3, -0.25) is 4.79 Å². The highest BCUT2D eigenvalue weighted by Crippen LogP contribution is 2.50. The van der Waals surface area contributed by atoms with E-state index in [0.717, 1.165) is 24.2 Å². The summed E-state index contributed by atoms with van der Waals surface area (Å²) >= 11 is 0. The van der Waals surface area contributed by atoms with E-state index in [-0.39, 0.29) is 11.8 Å². The highest BCUT2D eigenvalue weighted by Gasteiger charge is 2.45. The summed E-state index contributed by atoms with van der Waals surface area (Å²) in [5.41, 5.74) is 2.30. The quantitative estimate of drug-likeness (QED) is 0.852. The number of aryl methyl sites for hydroxylation is 1. The van der Waals surface area contributed by atoms with E-state index in [1.54, 1.807) is 0 Å². The number of ether oxygens (including phenoxy) is 1. The van der Waals surface area contributed by atoms with E-state index < -0.39 is 5.97 Å². The lowest BCUT2D eigenvalue weighted by molar-refractivity contribution is -0.138. The molecule has 92 valence electrons. The first-order valence-corrected chi connectivity index (χ1v) is 6.15. The molecular weight excluding hydrogens is 216 g/mol. The summed E-state index contributed by atoms with van der Waals surface area (Å²) < 4.78 is 5.57. The van der Waals surface area contributed by atoms with E-state index in [1.807, 2.05) is 19.1 Å². The molecule has 1 saturated carbocycles. The fraction of sp³-hybridized carbons (Fsp3) is 0.500. The number of rotatable bonds is 5. The summed E-state index contributed by atoms with van der Waals surface area (Å²) in [6.07, 6.45) is 1.70. The topological polar surface area (TPSA) is 46.5 Å². The molecule has 0 bridgehead atoms. The van der Waals surface area contributed by atoms with Gasteiger partial charge in [0, 0.05) is 5.92 Å². The number of hydrogen-bond acceptors (Lipinski definition) is 2. The normalized spacial score (nSPS) is 22.2. The number of aliphatic carboxylic acids is 1. The second-order valence-electron chi connectivity index (χ2n) is 4.45. The van der Waals surface area contributed by atoms with Crippen LogP contribution in [0.1, 0.15) is 37.3 Å². The Morgan fingerprint density at radius 2 is 2.24 bits per heavy atom. The molecule has 0 saturated heterocycles. The minimum atomic E-state index is -0.695. The maximum atomic E-state index is 10.9. The van der Waals surface area contributed by atoms with Crippen molar-refractivity contribution in [2.75, 3.05) is 6.61 Å². The summed E-state index contributed by atoms with van der Waals surface area (Å²) in [5, 5.41) is 8.99. The smallest absolute Gasteiger partial charge is 0.307 e. The van der Waals surface area contributed by atoms with Crippen LogP contribution in [0.5, 0.6) is 5.75 Å². The molecule has 1 aliphatic rings. The number of benzene rings is 1. The van der Waals surface area contributed by atoms with Crippen LogP contribution in [-0.4, -0.2) is 17.7 Å². The fourth-order valence-corrected chi connectivity index (χ4v) is 2.21. The van der Waals surface area contributed by atoms with Crippen molar-refractivity contribution < 1.29 is 14.6 Å². The molecule has 0 spiro atoms. The van der Waals surface area contributed by atoms with Gasteiger partial charge in [-0.1, -0.05) is 19.1 Å². The lowest BCUT2D eigenvalue weighted by Gasteiger charge is -2.11. The second kappa shape index (κ2) is 4.78. The van der Waals surface area contributed by atoms with Crippen LogP contribution in [0.25, 0.3) is 0 Å². The third-order valence-electron chi connectivity index (χ3n) is 3.29. The maximum Gasteiger partial charge on any atom is 0.307 e. The number of carboxylic acid groups (broad SMARTS) is 1. The molecule has 1 aromatic carbocycles. The van der Waals surface area contributed by atoms with Crippen molar-refractivity contribution in [3.8, 4) is 5.75 Å². The van der Waals surface area contributed by atoms with E-state index in [1.165, 1.54) is 5.56 Å². The third kappa shape index (κ3) is 2.43. The van der Waals surface area contributed by atoms with Crippen LogP contribution < -0.4 is 4.74 Å². The van der Waals surface area contributed by atoms with Gasteiger partial charge in [0.1, 0.15) is 5.75 Å². The predicted octanol–water partition coefficient (Wildman–Crippen LogP) is 2.84. The average Bonchev–Trinajstić information content (AvgIpc) is 3.10. The Balaban J connectivity index is 2.27. The van der Waals surface area contributed by atoms with Gasteiger partial charge in [-0.25, -0.2) is 0 Å². The Kier molecular flexibility index (Phi) is 3.36. The molecule has 0 amide bonds. The molecule has 2 rings (SSSR count). The van der Waals surface area contributed by atoms with Gasteiger partial charge in [-0.15, -0.1) is 0 Å². The molecule has 1 N–H and O–H groups in total. The minimum absolute atomic E-state index is 0.139. The van der Waals surface area contributed by atoms with Crippen molar-refractivity contribution in [1.29, 1.82) is 0 Å². The van der Waals surface area contributed by atoms with Gasteiger partial charge >= 0.3 is 5.97 Å². The Bertz CT molecular complexity index is 425. The SMILES string of the molecule is CCOc1ccc(CC)cc1C1CC1C(=O)O. The first-order valence-electron chi connectivity index (χ1n) is 6.15. The zero-order valence-electron chi connectivity index (χ0n) is 10.3. The molecule has 0 aromatic heterocycles. The highest BCUT2D eigenvalue weighted by atomic mass is 16.5. The van der Waals surface area contributed by atoms with Crippen LogP contribution in [-0.2, 0) is 11.2 Å². The largest absolute Gasteiger partial charge is 0.494 e. The van der Waals surface area contributed by atoms with Crippen molar-refractivity contribution in [3.05, 3.63) is 29.3 Å². The predicted molar refractivity (Wildman–Crippen MR) is 65.5 cm³/mol. The Hall–Kier alpha value is -1.51. The minimum Gasteiger partial charge on any atom is -0.494 e. The van der Waals surface area contributed by atoms with Crippen molar-refractivity contribution >= 4 is 5.97 Å². The lowest BCUT2D eigenvalue weighted by atomic mass is 10.0. The summed E-state index contributed by atoms with van der Waals surface area (Å²) in [5.74, 6) is 0.0691. The van der Waals surface area contributed by atoms with Crippen molar-refractivity contribution in [2.45, 2.75) is 32.6 Å². The molecule has 1 aromatic rings. The molecule has 0 heterocycles. The summed E-state index contributed by atoms with van der Waals surface area (Å²) in [6, 6.07) is 6.11. The molecule has 2 unspecified atom stereocenters. The van der Waals surface area contributed by atoms with Crippen LogP contribution in [0.15, 0.2) is 18.2 Å². The van der Waals surface area contributed by atoms with E-state index in [9.17, 15) is 4.79 Å². The van der Waals surface area contributed by atoms with Gasteiger partial charge in [0.15, 0.2) is 0 Å². The zero-order valence-corrected chi connectivity index (χ0v) is 10.3. The van der Waals surface area contributed by atoms with E-state index in [2.05, 4.69) is 13.0 Å². The lowest BCUT2D eigenvalue weighted by Crippen LogP contribution is -2.02. The summed E-state index contributed by atoms with van der Waals surface area (Å²) in [6.45, 7) is 4.66. The number of carbonyl (C=O) groups is 1. The molecule has 0 radical (unpaired) electrons. The summed E-state index contributed by atoms with van der Waals surface area (Å²) in [4.78, 5) is 10.9. The van der Waals surface area contributed by atoms with Gasteiger partial charge in [0.05, 0.1) is 12.5 Å². The van der Waals surface area contributed by atoms with E-state index in [4.69, 9.17) is 9.84 Å². The first kappa shape index (κ1) is 12.0. The van der Waals surface area contributed by atoms with Crippen molar-refractivity contribution in [2.24, 2.45) is 5.92 Å². The molecule has 2 atom stereocenters. The van der Waals surface area contributed by atoms with Crippen LogP contribution >= 0.6 is 0 Å². The fourth-order valence-electron chi connectivity index (χ4n) is 2.21. The van der Waals surface area contributed by atoms with Crippen LogP contribution in [0.2, 0.25) is 0 Å². The first-order chi connectivity index (χ1) is 8.17. The second-order valence-corrected chi connectivity index (χ2v) is 4.45. The average molecular weight is 234 g/mol. The van der Waals surface area contributed by atoms with E-state index in [0.29, 0.717) is 6.61 Å². The Morgan fingerprint density at radius 1 is 1.47 bits per heavy atom. The molecule has 1 fully saturated rings.